The highest BCUT2D eigenvalue weighted by Gasteiger charge is 2.34. The Morgan fingerprint density at radius 1 is 1.47 bits per heavy atom. The van der Waals surface area contributed by atoms with Crippen LogP contribution in [0.25, 0.3) is 0 Å². The van der Waals surface area contributed by atoms with Gasteiger partial charge in [-0.05, 0) is 12.1 Å². The van der Waals surface area contributed by atoms with E-state index in [1.807, 2.05) is 30.3 Å². The molecule has 0 aliphatic carbocycles. The highest BCUT2D eigenvalue weighted by Crippen LogP contribution is 2.20. The molecule has 1 aliphatic heterocycles. The second kappa shape index (κ2) is 4.97. The SMILES string of the molecule is COC(=O)CC1CNN(c2ccccc2)C1=O. The Balaban J connectivity index is 2.05. The number of hydrogen-bond acceptors (Lipinski definition) is 4. The van der Waals surface area contributed by atoms with E-state index in [1.54, 1.807) is 0 Å². The molecule has 1 saturated heterocycles. The van der Waals surface area contributed by atoms with E-state index in [-0.39, 0.29) is 24.2 Å². The van der Waals surface area contributed by atoms with Gasteiger partial charge in [-0.15, -0.1) is 0 Å². The van der Waals surface area contributed by atoms with Crippen LogP contribution < -0.4 is 10.4 Å². The van der Waals surface area contributed by atoms with Crippen LogP contribution in [0.15, 0.2) is 30.3 Å². The third-order valence-electron chi connectivity index (χ3n) is 2.72. The monoisotopic (exact) mass is 234 g/mol. The van der Waals surface area contributed by atoms with Crippen LogP contribution >= 0.6 is 0 Å². The second-order valence-corrected chi connectivity index (χ2v) is 3.85. The molecule has 1 atom stereocenters. The number of esters is 1. The number of amides is 1. The molecule has 0 bridgehead atoms. The van der Waals surface area contributed by atoms with Crippen LogP contribution in [0.4, 0.5) is 5.69 Å². The molecular formula is C12H14N2O3. The molecule has 1 heterocycles. The van der Waals surface area contributed by atoms with Crippen LogP contribution in [0.2, 0.25) is 0 Å². The van der Waals surface area contributed by atoms with Crippen molar-refractivity contribution in [2.75, 3.05) is 18.7 Å². The van der Waals surface area contributed by atoms with Gasteiger partial charge in [-0.2, -0.15) is 0 Å². The summed E-state index contributed by atoms with van der Waals surface area (Å²) in [5, 5.41) is 1.48. The van der Waals surface area contributed by atoms with Gasteiger partial charge >= 0.3 is 5.97 Å². The molecule has 1 aromatic rings. The molecule has 5 heteroatoms. The fraction of sp³-hybridized carbons (Fsp3) is 0.333. The summed E-state index contributed by atoms with van der Waals surface area (Å²) in [4.78, 5) is 23.1. The number of carbonyl (C=O) groups excluding carboxylic acids is 2. The summed E-state index contributed by atoms with van der Waals surface area (Å²) in [5.41, 5.74) is 3.76. The van der Waals surface area contributed by atoms with E-state index < -0.39 is 0 Å². The zero-order valence-corrected chi connectivity index (χ0v) is 9.55. The third-order valence-corrected chi connectivity index (χ3v) is 2.72. The number of anilines is 1. The van der Waals surface area contributed by atoms with Crippen molar-refractivity contribution in [2.45, 2.75) is 6.42 Å². The minimum absolute atomic E-state index is 0.0957. The van der Waals surface area contributed by atoms with Crippen LogP contribution in [-0.4, -0.2) is 25.5 Å². The average Bonchev–Trinajstić information content (AvgIpc) is 2.72. The summed E-state index contributed by atoms with van der Waals surface area (Å²) in [6.07, 6.45) is 0.117. The number of nitrogens with zero attached hydrogens (tertiary/aromatic N) is 1. The Kier molecular flexibility index (Phi) is 3.39. The fourth-order valence-corrected chi connectivity index (χ4v) is 1.79. The molecule has 1 fully saturated rings. The maximum atomic E-state index is 12.0. The standard InChI is InChI=1S/C12H14N2O3/c1-17-11(15)7-9-8-13-14(12(9)16)10-5-3-2-4-6-10/h2-6,9,13H,7-8H2,1H3. The number of ether oxygens (including phenoxy) is 1. The molecule has 1 aromatic carbocycles. The van der Waals surface area contributed by atoms with E-state index in [4.69, 9.17) is 0 Å². The van der Waals surface area contributed by atoms with E-state index in [0.29, 0.717) is 6.54 Å². The quantitative estimate of drug-likeness (QED) is 0.783. The Bertz CT molecular complexity index is 419. The molecule has 0 aromatic heterocycles. The molecule has 5 nitrogen and oxygen atoms in total. The van der Waals surface area contributed by atoms with Crippen LogP contribution in [0, 0.1) is 5.92 Å². The highest BCUT2D eigenvalue weighted by molar-refractivity contribution is 5.97. The molecule has 1 aliphatic rings. The Labute approximate surface area is 99.3 Å². The van der Waals surface area contributed by atoms with Crippen molar-refractivity contribution >= 4 is 17.6 Å². The minimum atomic E-state index is -0.361. The normalized spacial score (nSPS) is 19.5. The van der Waals surface area contributed by atoms with Gasteiger partial charge in [0, 0.05) is 6.54 Å². The number of benzene rings is 1. The van der Waals surface area contributed by atoms with E-state index in [0.717, 1.165) is 5.69 Å². The number of para-hydroxylation sites is 1. The first-order valence-electron chi connectivity index (χ1n) is 5.41. The summed E-state index contributed by atoms with van der Waals surface area (Å²) >= 11 is 0. The first-order chi connectivity index (χ1) is 8.22. The molecule has 90 valence electrons. The van der Waals surface area contributed by atoms with E-state index >= 15 is 0 Å². The number of hydrogen-bond donors (Lipinski definition) is 1. The largest absolute Gasteiger partial charge is 0.469 e. The van der Waals surface area contributed by atoms with E-state index in [1.165, 1.54) is 12.1 Å². The Morgan fingerprint density at radius 3 is 2.82 bits per heavy atom. The van der Waals surface area contributed by atoms with Gasteiger partial charge in [-0.3, -0.25) is 9.59 Å². The lowest BCUT2D eigenvalue weighted by Gasteiger charge is -2.15. The molecule has 0 radical (unpaired) electrons. The van der Waals surface area contributed by atoms with Gasteiger partial charge in [0.15, 0.2) is 0 Å². The molecule has 0 saturated carbocycles. The number of nitrogens with one attached hydrogen (secondary N) is 1. The third kappa shape index (κ3) is 2.45. The van der Waals surface area contributed by atoms with E-state index in [2.05, 4.69) is 10.2 Å². The molecule has 17 heavy (non-hydrogen) atoms. The smallest absolute Gasteiger partial charge is 0.306 e. The van der Waals surface area contributed by atoms with Crippen LogP contribution in [0.1, 0.15) is 6.42 Å². The van der Waals surface area contributed by atoms with Gasteiger partial charge in [0.05, 0.1) is 25.1 Å². The molecule has 2 rings (SSSR count). The summed E-state index contributed by atoms with van der Waals surface area (Å²) in [7, 11) is 1.32. The van der Waals surface area contributed by atoms with E-state index in [9.17, 15) is 9.59 Å². The summed E-state index contributed by atoms with van der Waals surface area (Å²) in [5.74, 6) is -0.802. The Hall–Kier alpha value is -1.88. The maximum Gasteiger partial charge on any atom is 0.306 e. The molecule has 1 N–H and O–H groups in total. The molecule has 1 amide bonds. The first kappa shape index (κ1) is 11.6. The number of carbonyl (C=O) groups is 2. The van der Waals surface area contributed by atoms with Crippen molar-refractivity contribution in [3.63, 3.8) is 0 Å². The fourth-order valence-electron chi connectivity index (χ4n) is 1.79. The van der Waals surface area contributed by atoms with Crippen LogP contribution in [0.3, 0.4) is 0 Å². The van der Waals surface area contributed by atoms with Crippen LogP contribution in [-0.2, 0) is 14.3 Å². The van der Waals surface area contributed by atoms with Crippen molar-refractivity contribution in [1.82, 2.24) is 5.43 Å². The van der Waals surface area contributed by atoms with Crippen molar-refractivity contribution in [3.8, 4) is 0 Å². The zero-order valence-electron chi connectivity index (χ0n) is 9.55. The summed E-state index contributed by atoms with van der Waals surface area (Å²) in [6.45, 7) is 0.461. The lowest BCUT2D eigenvalue weighted by Crippen LogP contribution is -2.34. The first-order valence-corrected chi connectivity index (χ1v) is 5.41. The lowest BCUT2D eigenvalue weighted by molar-refractivity contribution is -0.143. The summed E-state index contributed by atoms with van der Waals surface area (Å²) in [6, 6.07) is 9.28. The minimum Gasteiger partial charge on any atom is -0.469 e. The molecule has 0 spiro atoms. The zero-order chi connectivity index (χ0) is 12.3. The maximum absolute atomic E-state index is 12.0. The van der Waals surface area contributed by atoms with Crippen molar-refractivity contribution in [1.29, 1.82) is 0 Å². The van der Waals surface area contributed by atoms with Gasteiger partial charge < -0.3 is 4.74 Å². The Morgan fingerprint density at radius 2 is 2.18 bits per heavy atom. The van der Waals surface area contributed by atoms with Gasteiger partial charge in [-0.1, -0.05) is 18.2 Å². The van der Waals surface area contributed by atoms with Crippen molar-refractivity contribution in [3.05, 3.63) is 30.3 Å². The average molecular weight is 234 g/mol. The van der Waals surface area contributed by atoms with Crippen molar-refractivity contribution in [2.24, 2.45) is 5.92 Å². The van der Waals surface area contributed by atoms with Crippen molar-refractivity contribution < 1.29 is 14.3 Å². The molecular weight excluding hydrogens is 220 g/mol. The van der Waals surface area contributed by atoms with Gasteiger partial charge in [0.2, 0.25) is 5.91 Å². The predicted molar refractivity (Wildman–Crippen MR) is 62.1 cm³/mol. The number of methoxy groups -OCH3 is 1. The lowest BCUT2D eigenvalue weighted by atomic mass is 10.1. The highest BCUT2D eigenvalue weighted by atomic mass is 16.5. The second-order valence-electron chi connectivity index (χ2n) is 3.85. The number of rotatable bonds is 3. The molecule has 1 unspecified atom stereocenters. The van der Waals surface area contributed by atoms with Crippen LogP contribution in [0.5, 0.6) is 0 Å². The van der Waals surface area contributed by atoms with Gasteiger partial charge in [-0.25, -0.2) is 10.4 Å². The number of hydrazine groups is 1. The van der Waals surface area contributed by atoms with Gasteiger partial charge in [0.1, 0.15) is 0 Å². The summed E-state index contributed by atoms with van der Waals surface area (Å²) < 4.78 is 4.56. The van der Waals surface area contributed by atoms with Gasteiger partial charge in [0.25, 0.3) is 0 Å². The topological polar surface area (TPSA) is 58.6 Å². The predicted octanol–water partition coefficient (Wildman–Crippen LogP) is 0.717.